The molecule has 2 aromatic heterocycles. The van der Waals surface area contributed by atoms with E-state index in [0.717, 1.165) is 5.56 Å². The van der Waals surface area contributed by atoms with Gasteiger partial charge in [0, 0.05) is 0 Å². The van der Waals surface area contributed by atoms with Crippen molar-refractivity contribution in [3.63, 3.8) is 0 Å². The number of amides is 1. The quantitative estimate of drug-likeness (QED) is 0.877. The number of thiophene rings is 2. The molecule has 94 valence electrons. The molecule has 0 fully saturated rings. The van der Waals surface area contributed by atoms with E-state index in [1.54, 1.807) is 23.5 Å². The lowest BCUT2D eigenvalue weighted by Crippen LogP contribution is -2.12. The normalized spacial score (nSPS) is 10.1. The van der Waals surface area contributed by atoms with Gasteiger partial charge in [0.1, 0.15) is 4.88 Å². The summed E-state index contributed by atoms with van der Waals surface area (Å²) >= 11 is 2.76. The van der Waals surface area contributed by atoms with E-state index in [1.807, 2.05) is 16.8 Å². The molecule has 0 atom stereocenters. The predicted molar refractivity (Wildman–Crippen MR) is 72.3 cm³/mol. The van der Waals surface area contributed by atoms with Crippen LogP contribution in [0.15, 0.2) is 29.0 Å². The van der Waals surface area contributed by atoms with Crippen molar-refractivity contribution in [2.24, 2.45) is 0 Å². The number of anilines is 1. The van der Waals surface area contributed by atoms with E-state index < -0.39 is 5.97 Å². The predicted octanol–water partition coefficient (Wildman–Crippen LogP) is 2.78. The van der Waals surface area contributed by atoms with Crippen LogP contribution in [0.5, 0.6) is 0 Å². The van der Waals surface area contributed by atoms with Crippen LogP contribution in [-0.2, 0) is 16.0 Å². The van der Waals surface area contributed by atoms with Crippen molar-refractivity contribution in [2.45, 2.75) is 6.42 Å². The lowest BCUT2D eigenvalue weighted by atomic mass is 10.2. The molecule has 0 saturated heterocycles. The highest BCUT2D eigenvalue weighted by Gasteiger charge is 2.11. The summed E-state index contributed by atoms with van der Waals surface area (Å²) in [6.07, 6.45) is 0.342. The van der Waals surface area contributed by atoms with Gasteiger partial charge < -0.3 is 10.1 Å². The maximum absolute atomic E-state index is 11.7. The van der Waals surface area contributed by atoms with E-state index in [0.29, 0.717) is 16.3 Å². The zero-order valence-corrected chi connectivity index (χ0v) is 11.3. The van der Waals surface area contributed by atoms with Crippen LogP contribution < -0.4 is 5.32 Å². The summed E-state index contributed by atoms with van der Waals surface area (Å²) in [6.45, 7) is 0. The van der Waals surface area contributed by atoms with Crippen molar-refractivity contribution in [1.82, 2.24) is 0 Å². The molecule has 0 spiro atoms. The minimum absolute atomic E-state index is 0.0911. The average Bonchev–Trinajstić information content (AvgIpc) is 2.99. The second-order valence-corrected chi connectivity index (χ2v) is 5.38. The third kappa shape index (κ3) is 3.18. The van der Waals surface area contributed by atoms with Gasteiger partial charge in [-0.2, -0.15) is 11.3 Å². The zero-order valence-electron chi connectivity index (χ0n) is 9.64. The highest BCUT2D eigenvalue weighted by Crippen LogP contribution is 2.22. The van der Waals surface area contributed by atoms with Gasteiger partial charge >= 0.3 is 5.97 Å². The van der Waals surface area contributed by atoms with Crippen LogP contribution in [0.25, 0.3) is 0 Å². The summed E-state index contributed by atoms with van der Waals surface area (Å²) in [4.78, 5) is 23.4. The second kappa shape index (κ2) is 5.79. The van der Waals surface area contributed by atoms with Gasteiger partial charge in [-0.1, -0.05) is 0 Å². The van der Waals surface area contributed by atoms with Crippen molar-refractivity contribution in [3.8, 4) is 0 Å². The monoisotopic (exact) mass is 281 g/mol. The molecular weight excluding hydrogens is 270 g/mol. The molecule has 2 heterocycles. The van der Waals surface area contributed by atoms with E-state index in [9.17, 15) is 9.59 Å². The van der Waals surface area contributed by atoms with E-state index >= 15 is 0 Å². The molecule has 0 saturated carbocycles. The number of carbonyl (C=O) groups excluding carboxylic acids is 2. The van der Waals surface area contributed by atoms with Gasteiger partial charge in [-0.05, 0) is 34.5 Å². The first kappa shape index (κ1) is 12.8. The Balaban J connectivity index is 1.95. The van der Waals surface area contributed by atoms with Gasteiger partial charge in [0.2, 0.25) is 5.91 Å². The summed E-state index contributed by atoms with van der Waals surface area (Å²) in [5.41, 5.74) is 0.988. The lowest BCUT2D eigenvalue weighted by Gasteiger charge is -2.00. The summed E-state index contributed by atoms with van der Waals surface area (Å²) in [6, 6.07) is 5.25. The molecule has 2 aromatic rings. The average molecular weight is 281 g/mol. The molecular formula is C12H11NO3S2. The summed E-state index contributed by atoms with van der Waals surface area (Å²) in [5, 5.41) is 7.28. The maximum atomic E-state index is 11.7. The Kier molecular flexibility index (Phi) is 4.11. The van der Waals surface area contributed by atoms with Crippen molar-refractivity contribution in [2.75, 3.05) is 12.4 Å². The van der Waals surface area contributed by atoms with Crippen molar-refractivity contribution in [3.05, 3.63) is 39.4 Å². The molecule has 6 heteroatoms. The van der Waals surface area contributed by atoms with Crippen molar-refractivity contribution in [1.29, 1.82) is 0 Å². The molecule has 1 amide bonds. The Bertz CT molecular complexity index is 545. The molecule has 2 rings (SSSR count). The number of hydrogen-bond acceptors (Lipinski definition) is 5. The Morgan fingerprint density at radius 3 is 2.83 bits per heavy atom. The van der Waals surface area contributed by atoms with Gasteiger partial charge in [0.05, 0.1) is 18.5 Å². The number of hydrogen-bond donors (Lipinski definition) is 1. The largest absolute Gasteiger partial charge is 0.465 e. The zero-order chi connectivity index (χ0) is 13.0. The minimum atomic E-state index is -0.390. The van der Waals surface area contributed by atoms with Crippen molar-refractivity contribution < 1.29 is 14.3 Å². The first-order valence-electron chi connectivity index (χ1n) is 5.18. The molecule has 0 aliphatic rings. The topological polar surface area (TPSA) is 55.4 Å². The first-order chi connectivity index (χ1) is 8.69. The molecule has 0 aromatic carbocycles. The second-order valence-electron chi connectivity index (χ2n) is 3.51. The Morgan fingerprint density at radius 1 is 1.33 bits per heavy atom. The summed E-state index contributed by atoms with van der Waals surface area (Å²) < 4.78 is 4.60. The standard InChI is InChI=1S/C12H11NO3S2/c1-16-12(15)9-2-3-11(18-9)13-10(14)6-8-4-5-17-7-8/h2-5,7H,6H2,1H3,(H,13,14). The van der Waals surface area contributed by atoms with Crippen LogP contribution in [0.4, 0.5) is 5.00 Å². The van der Waals surface area contributed by atoms with Crippen LogP contribution in [0, 0.1) is 0 Å². The Labute approximate surface area is 112 Å². The fourth-order valence-corrected chi connectivity index (χ4v) is 2.88. The van der Waals surface area contributed by atoms with Crippen LogP contribution in [0.1, 0.15) is 15.2 Å². The molecule has 0 unspecified atom stereocenters. The number of rotatable bonds is 4. The van der Waals surface area contributed by atoms with Crippen LogP contribution in [0.2, 0.25) is 0 Å². The van der Waals surface area contributed by atoms with Crippen LogP contribution >= 0.6 is 22.7 Å². The molecule has 1 N–H and O–H groups in total. The number of ether oxygens (including phenoxy) is 1. The number of nitrogens with one attached hydrogen (secondary N) is 1. The first-order valence-corrected chi connectivity index (χ1v) is 6.94. The minimum Gasteiger partial charge on any atom is -0.465 e. The summed E-state index contributed by atoms with van der Waals surface area (Å²) in [7, 11) is 1.33. The van der Waals surface area contributed by atoms with Crippen LogP contribution in [-0.4, -0.2) is 19.0 Å². The lowest BCUT2D eigenvalue weighted by molar-refractivity contribution is -0.115. The number of esters is 1. The molecule has 4 nitrogen and oxygen atoms in total. The third-order valence-electron chi connectivity index (χ3n) is 2.20. The smallest absolute Gasteiger partial charge is 0.348 e. The fourth-order valence-electron chi connectivity index (χ4n) is 1.38. The van der Waals surface area contributed by atoms with E-state index in [4.69, 9.17) is 0 Å². The van der Waals surface area contributed by atoms with Crippen LogP contribution in [0.3, 0.4) is 0 Å². The maximum Gasteiger partial charge on any atom is 0.348 e. The van der Waals surface area contributed by atoms with E-state index in [1.165, 1.54) is 18.4 Å². The molecule has 0 radical (unpaired) electrons. The van der Waals surface area contributed by atoms with Gasteiger partial charge in [-0.25, -0.2) is 4.79 Å². The highest BCUT2D eigenvalue weighted by atomic mass is 32.1. The highest BCUT2D eigenvalue weighted by molar-refractivity contribution is 7.18. The Morgan fingerprint density at radius 2 is 2.17 bits per heavy atom. The van der Waals surface area contributed by atoms with Gasteiger partial charge in [0.15, 0.2) is 0 Å². The van der Waals surface area contributed by atoms with Gasteiger partial charge in [-0.15, -0.1) is 11.3 Å². The number of methoxy groups -OCH3 is 1. The number of carbonyl (C=O) groups is 2. The molecule has 18 heavy (non-hydrogen) atoms. The fraction of sp³-hybridized carbons (Fsp3) is 0.167. The Hall–Kier alpha value is -1.66. The van der Waals surface area contributed by atoms with Gasteiger partial charge in [0.25, 0.3) is 0 Å². The molecule has 0 aliphatic carbocycles. The third-order valence-corrected chi connectivity index (χ3v) is 3.91. The summed E-state index contributed by atoms with van der Waals surface area (Å²) in [5.74, 6) is -0.481. The van der Waals surface area contributed by atoms with E-state index in [-0.39, 0.29) is 5.91 Å². The molecule has 0 bridgehead atoms. The van der Waals surface area contributed by atoms with Crippen molar-refractivity contribution >= 4 is 39.6 Å². The SMILES string of the molecule is COC(=O)c1ccc(NC(=O)Cc2ccsc2)s1. The van der Waals surface area contributed by atoms with Gasteiger partial charge in [-0.3, -0.25) is 4.79 Å². The molecule has 0 aliphatic heterocycles. The van der Waals surface area contributed by atoms with E-state index in [2.05, 4.69) is 10.1 Å².